The van der Waals surface area contributed by atoms with Gasteiger partial charge in [0.15, 0.2) is 0 Å². The van der Waals surface area contributed by atoms with Crippen molar-refractivity contribution in [3.63, 3.8) is 0 Å². The summed E-state index contributed by atoms with van der Waals surface area (Å²) >= 11 is 6.27. The van der Waals surface area contributed by atoms with Crippen molar-refractivity contribution in [3.05, 3.63) is 40.6 Å². The standard InChI is InChI=1S/C18H21ClN2O3/c1-12-16(17(20-24-12)14-7-3-4-8-15(14)19)18(22)21-9-5-6-13(10-21)11-23-2/h3-4,7-8,13H,5-6,9-11H2,1-2H3. The number of amides is 1. The summed E-state index contributed by atoms with van der Waals surface area (Å²) in [4.78, 5) is 14.9. The van der Waals surface area contributed by atoms with Crippen molar-refractivity contribution in [3.8, 4) is 11.3 Å². The number of carbonyl (C=O) groups excluding carboxylic acids is 1. The Bertz CT molecular complexity index is 727. The predicted molar refractivity (Wildman–Crippen MR) is 92.2 cm³/mol. The van der Waals surface area contributed by atoms with Crippen LogP contribution in [0.1, 0.15) is 29.0 Å². The average Bonchev–Trinajstić information content (AvgIpc) is 2.96. The Balaban J connectivity index is 1.91. The van der Waals surface area contributed by atoms with Crippen LogP contribution in [0.2, 0.25) is 5.02 Å². The van der Waals surface area contributed by atoms with Crippen molar-refractivity contribution in [2.75, 3.05) is 26.8 Å². The largest absolute Gasteiger partial charge is 0.384 e. The molecule has 128 valence electrons. The smallest absolute Gasteiger partial charge is 0.259 e. The second-order valence-corrected chi connectivity index (χ2v) is 6.56. The normalized spacial score (nSPS) is 18.0. The number of halogens is 1. The Morgan fingerprint density at radius 3 is 3.00 bits per heavy atom. The quantitative estimate of drug-likeness (QED) is 0.843. The van der Waals surface area contributed by atoms with Crippen LogP contribution in [0.4, 0.5) is 0 Å². The molecule has 2 aromatic rings. The number of piperidine rings is 1. The van der Waals surface area contributed by atoms with Crippen molar-refractivity contribution in [1.82, 2.24) is 10.1 Å². The fraction of sp³-hybridized carbons (Fsp3) is 0.444. The summed E-state index contributed by atoms with van der Waals surface area (Å²) in [5, 5.41) is 4.64. The summed E-state index contributed by atoms with van der Waals surface area (Å²) in [5.74, 6) is 0.838. The minimum Gasteiger partial charge on any atom is -0.384 e. The van der Waals surface area contributed by atoms with Crippen LogP contribution in [0.5, 0.6) is 0 Å². The van der Waals surface area contributed by atoms with Gasteiger partial charge in [-0.05, 0) is 31.7 Å². The lowest BCUT2D eigenvalue weighted by molar-refractivity contribution is 0.0570. The van der Waals surface area contributed by atoms with E-state index in [4.69, 9.17) is 20.9 Å². The Hall–Kier alpha value is -1.85. The van der Waals surface area contributed by atoms with Gasteiger partial charge < -0.3 is 14.2 Å². The first-order valence-electron chi connectivity index (χ1n) is 8.11. The van der Waals surface area contributed by atoms with Gasteiger partial charge in [0.1, 0.15) is 17.0 Å². The number of hydrogen-bond donors (Lipinski definition) is 0. The van der Waals surface area contributed by atoms with Crippen LogP contribution >= 0.6 is 11.6 Å². The number of rotatable bonds is 4. The molecule has 1 unspecified atom stereocenters. The van der Waals surface area contributed by atoms with Gasteiger partial charge in [-0.1, -0.05) is 35.0 Å². The number of benzene rings is 1. The molecule has 1 aromatic heterocycles. The van der Waals surface area contributed by atoms with Crippen LogP contribution in [0.3, 0.4) is 0 Å². The Kier molecular flexibility index (Phi) is 5.21. The molecule has 24 heavy (non-hydrogen) atoms. The molecule has 1 aromatic carbocycles. The molecule has 0 bridgehead atoms. The summed E-state index contributed by atoms with van der Waals surface area (Å²) in [5.41, 5.74) is 1.72. The molecule has 0 aliphatic carbocycles. The molecule has 3 rings (SSSR count). The predicted octanol–water partition coefficient (Wildman–Crippen LogP) is 3.80. The number of aromatic nitrogens is 1. The molecular formula is C18H21ClN2O3. The minimum atomic E-state index is -0.0514. The minimum absolute atomic E-state index is 0.0514. The van der Waals surface area contributed by atoms with Gasteiger partial charge >= 0.3 is 0 Å². The van der Waals surface area contributed by atoms with E-state index in [1.54, 1.807) is 20.1 Å². The van der Waals surface area contributed by atoms with Crippen LogP contribution in [0.25, 0.3) is 11.3 Å². The number of aryl methyl sites for hydroxylation is 1. The van der Waals surface area contributed by atoms with Crippen LogP contribution in [-0.2, 0) is 4.74 Å². The summed E-state index contributed by atoms with van der Waals surface area (Å²) in [6.45, 7) is 3.87. The summed E-state index contributed by atoms with van der Waals surface area (Å²) in [6.07, 6.45) is 2.06. The number of ether oxygens (including phenoxy) is 1. The third kappa shape index (κ3) is 3.32. The highest BCUT2D eigenvalue weighted by molar-refractivity contribution is 6.33. The Morgan fingerprint density at radius 2 is 2.25 bits per heavy atom. The third-order valence-corrected chi connectivity index (χ3v) is 4.74. The van der Waals surface area contributed by atoms with E-state index in [-0.39, 0.29) is 5.91 Å². The second kappa shape index (κ2) is 7.36. The highest BCUT2D eigenvalue weighted by Crippen LogP contribution is 2.32. The zero-order chi connectivity index (χ0) is 17.1. The highest BCUT2D eigenvalue weighted by Gasteiger charge is 2.30. The first-order chi connectivity index (χ1) is 11.6. The maximum Gasteiger partial charge on any atom is 0.259 e. The van der Waals surface area contributed by atoms with E-state index in [1.807, 2.05) is 23.1 Å². The monoisotopic (exact) mass is 348 g/mol. The van der Waals surface area contributed by atoms with Crippen molar-refractivity contribution < 1.29 is 14.1 Å². The molecule has 1 amide bonds. The highest BCUT2D eigenvalue weighted by atomic mass is 35.5. The van der Waals surface area contributed by atoms with E-state index in [1.165, 1.54) is 0 Å². The molecule has 2 heterocycles. The van der Waals surface area contributed by atoms with Gasteiger partial charge in [-0.25, -0.2) is 0 Å². The number of methoxy groups -OCH3 is 1. The first kappa shape index (κ1) is 17.0. The first-order valence-corrected chi connectivity index (χ1v) is 8.49. The molecule has 5 nitrogen and oxygen atoms in total. The number of hydrogen-bond acceptors (Lipinski definition) is 4. The van der Waals surface area contributed by atoms with Gasteiger partial charge in [0, 0.05) is 25.8 Å². The Labute approximate surface area is 146 Å². The molecule has 0 spiro atoms. The van der Waals surface area contributed by atoms with Gasteiger partial charge in [-0.15, -0.1) is 0 Å². The number of carbonyl (C=O) groups is 1. The lowest BCUT2D eigenvalue weighted by Gasteiger charge is -2.32. The summed E-state index contributed by atoms with van der Waals surface area (Å²) in [6, 6.07) is 7.35. The van der Waals surface area contributed by atoms with Gasteiger partial charge in [0.2, 0.25) is 0 Å². The molecule has 1 saturated heterocycles. The van der Waals surface area contributed by atoms with Crippen LogP contribution in [0.15, 0.2) is 28.8 Å². The molecule has 0 saturated carbocycles. The fourth-order valence-electron chi connectivity index (χ4n) is 3.24. The van der Waals surface area contributed by atoms with Crippen molar-refractivity contribution in [2.24, 2.45) is 5.92 Å². The number of nitrogens with zero attached hydrogens (tertiary/aromatic N) is 2. The summed E-state index contributed by atoms with van der Waals surface area (Å²) < 4.78 is 10.6. The van der Waals surface area contributed by atoms with Crippen molar-refractivity contribution in [2.45, 2.75) is 19.8 Å². The van der Waals surface area contributed by atoms with E-state index in [2.05, 4.69) is 5.16 Å². The fourth-order valence-corrected chi connectivity index (χ4v) is 3.47. The molecule has 0 N–H and O–H groups in total. The summed E-state index contributed by atoms with van der Waals surface area (Å²) in [7, 11) is 1.69. The molecule has 1 aliphatic rings. The van der Waals surface area contributed by atoms with Crippen LogP contribution in [-0.4, -0.2) is 42.8 Å². The van der Waals surface area contributed by atoms with E-state index >= 15 is 0 Å². The van der Waals surface area contributed by atoms with Gasteiger partial charge in [0.25, 0.3) is 5.91 Å². The lowest BCUT2D eigenvalue weighted by atomic mass is 9.97. The topological polar surface area (TPSA) is 55.6 Å². The molecule has 1 fully saturated rings. The average molecular weight is 349 g/mol. The third-order valence-electron chi connectivity index (χ3n) is 4.41. The maximum absolute atomic E-state index is 13.1. The van der Waals surface area contributed by atoms with E-state index in [0.717, 1.165) is 19.4 Å². The van der Waals surface area contributed by atoms with E-state index < -0.39 is 0 Å². The number of likely N-dealkylation sites (tertiary alicyclic amines) is 1. The zero-order valence-corrected chi connectivity index (χ0v) is 14.7. The second-order valence-electron chi connectivity index (χ2n) is 6.16. The zero-order valence-electron chi connectivity index (χ0n) is 13.9. The van der Waals surface area contributed by atoms with Gasteiger partial charge in [-0.3, -0.25) is 4.79 Å². The van der Waals surface area contributed by atoms with Crippen LogP contribution < -0.4 is 0 Å². The molecule has 1 atom stereocenters. The van der Waals surface area contributed by atoms with Crippen molar-refractivity contribution >= 4 is 17.5 Å². The molecular weight excluding hydrogens is 328 g/mol. The molecule has 1 aliphatic heterocycles. The van der Waals surface area contributed by atoms with Crippen LogP contribution in [0, 0.1) is 12.8 Å². The van der Waals surface area contributed by atoms with Gasteiger partial charge in [-0.2, -0.15) is 0 Å². The van der Waals surface area contributed by atoms with E-state index in [0.29, 0.717) is 46.7 Å². The molecule has 6 heteroatoms. The SMILES string of the molecule is COCC1CCCN(C(=O)c2c(-c3ccccc3Cl)noc2C)C1. The molecule has 0 radical (unpaired) electrons. The lowest BCUT2D eigenvalue weighted by Crippen LogP contribution is -2.41. The van der Waals surface area contributed by atoms with Crippen molar-refractivity contribution in [1.29, 1.82) is 0 Å². The van der Waals surface area contributed by atoms with E-state index in [9.17, 15) is 4.79 Å². The Morgan fingerprint density at radius 1 is 1.46 bits per heavy atom. The maximum atomic E-state index is 13.1. The van der Waals surface area contributed by atoms with Gasteiger partial charge in [0.05, 0.1) is 11.6 Å².